The maximum atomic E-state index is 11.5. The Hall–Kier alpha value is -2.01. The van der Waals surface area contributed by atoms with Crippen LogP contribution in [0, 0.1) is 17.8 Å². The molecule has 3 aliphatic rings. The van der Waals surface area contributed by atoms with Gasteiger partial charge in [0.25, 0.3) is 0 Å². The smallest absolute Gasteiger partial charge is 0.335 e. The van der Waals surface area contributed by atoms with Crippen LogP contribution in [0.15, 0.2) is 40.9 Å². The molecule has 2 bridgehead atoms. The van der Waals surface area contributed by atoms with Gasteiger partial charge < -0.3 is 15.2 Å². The number of hydrogen-bond acceptors (Lipinski definition) is 3. The Balaban J connectivity index is 1.65. The van der Waals surface area contributed by atoms with E-state index in [1.165, 1.54) is 30.4 Å². The first-order valence-corrected chi connectivity index (χ1v) is 10.3. The molecule has 0 aromatic heterocycles. The summed E-state index contributed by atoms with van der Waals surface area (Å²) in [6.45, 7) is 0. The number of ether oxygens (including phenoxy) is 1. The first kappa shape index (κ1) is 17.1. The molecule has 0 radical (unpaired) electrons. The summed E-state index contributed by atoms with van der Waals surface area (Å²) in [4.78, 5) is 11.5. The van der Waals surface area contributed by atoms with Gasteiger partial charge in [-0.3, -0.25) is 0 Å². The lowest BCUT2D eigenvalue weighted by molar-refractivity contribution is 0.0696. The minimum Gasteiger partial charge on any atom is -0.496 e. The van der Waals surface area contributed by atoms with Crippen LogP contribution in [0.25, 0.3) is 0 Å². The monoisotopic (exact) mass is 427 g/mol. The maximum Gasteiger partial charge on any atom is 0.335 e. The van der Waals surface area contributed by atoms with Crippen LogP contribution in [0.5, 0.6) is 5.75 Å². The number of rotatable bonds is 3. The molecule has 5 rings (SSSR count). The average molecular weight is 428 g/mol. The summed E-state index contributed by atoms with van der Waals surface area (Å²) < 4.78 is 6.73. The predicted octanol–water partition coefficient (Wildman–Crippen LogP) is 5.45. The highest BCUT2D eigenvalue weighted by Crippen LogP contribution is 2.64. The Bertz CT molecular complexity index is 928. The van der Waals surface area contributed by atoms with Crippen molar-refractivity contribution in [3.63, 3.8) is 0 Å². The van der Waals surface area contributed by atoms with E-state index in [0.717, 1.165) is 15.9 Å². The molecule has 27 heavy (non-hydrogen) atoms. The average Bonchev–Trinajstić information content (AvgIpc) is 3.29. The summed E-state index contributed by atoms with van der Waals surface area (Å²) in [5.41, 5.74) is 3.83. The minimum absolute atomic E-state index is 0.181. The van der Waals surface area contributed by atoms with Gasteiger partial charge >= 0.3 is 5.97 Å². The van der Waals surface area contributed by atoms with Crippen molar-refractivity contribution < 1.29 is 14.6 Å². The zero-order valence-electron chi connectivity index (χ0n) is 15.1. The van der Waals surface area contributed by atoms with Crippen LogP contribution in [-0.2, 0) is 0 Å². The second kappa shape index (κ2) is 6.26. The van der Waals surface area contributed by atoms with E-state index in [0.29, 0.717) is 29.2 Å². The normalized spacial score (nSPS) is 30.4. The number of fused-ring (bicyclic) bond motifs is 7. The molecular formula is C22H22BrNO3. The standard InChI is InChI=1S/C22H22BrNO3/c1-27-18-7-5-14(23)10-16(18)21-20-12-3-2-11(8-12)19(20)15-9-13(22(25)26)4-6-17(15)24-21/h4-7,9-12,19-21,24H,2-3,8H2,1H3,(H,25,26)/t11-,12-,19+,20+,21-/m1/s1. The Morgan fingerprint density at radius 1 is 1.15 bits per heavy atom. The van der Waals surface area contributed by atoms with E-state index < -0.39 is 5.97 Å². The second-order valence-electron chi connectivity index (χ2n) is 8.05. The van der Waals surface area contributed by atoms with Gasteiger partial charge in [0.1, 0.15) is 5.75 Å². The number of halogens is 1. The molecule has 4 nitrogen and oxygen atoms in total. The molecule has 0 saturated heterocycles. The molecule has 5 heteroatoms. The lowest BCUT2D eigenvalue weighted by Crippen LogP contribution is -2.35. The van der Waals surface area contributed by atoms with E-state index in [2.05, 4.69) is 27.3 Å². The van der Waals surface area contributed by atoms with Crippen LogP contribution in [0.3, 0.4) is 0 Å². The molecule has 0 unspecified atom stereocenters. The lowest BCUT2D eigenvalue weighted by atomic mass is 9.67. The highest BCUT2D eigenvalue weighted by atomic mass is 79.9. The molecule has 2 aromatic carbocycles. The molecule has 2 aliphatic carbocycles. The van der Waals surface area contributed by atoms with Crippen LogP contribution in [-0.4, -0.2) is 18.2 Å². The molecule has 0 spiro atoms. The third-order valence-corrected chi connectivity index (χ3v) is 7.35. The highest BCUT2D eigenvalue weighted by molar-refractivity contribution is 9.10. The van der Waals surface area contributed by atoms with Gasteiger partial charge in [-0.1, -0.05) is 15.9 Å². The number of hydrogen-bond donors (Lipinski definition) is 2. The Morgan fingerprint density at radius 3 is 2.74 bits per heavy atom. The van der Waals surface area contributed by atoms with Gasteiger partial charge in [-0.25, -0.2) is 4.79 Å². The number of carbonyl (C=O) groups is 1. The molecular weight excluding hydrogens is 406 g/mol. The van der Waals surface area contributed by atoms with E-state index in [-0.39, 0.29) is 6.04 Å². The first-order valence-electron chi connectivity index (χ1n) is 9.54. The zero-order chi connectivity index (χ0) is 18.7. The van der Waals surface area contributed by atoms with Crippen molar-refractivity contribution in [1.82, 2.24) is 0 Å². The van der Waals surface area contributed by atoms with Gasteiger partial charge in [0.15, 0.2) is 0 Å². The fourth-order valence-electron chi connectivity index (χ4n) is 5.88. The molecule has 1 aliphatic heterocycles. The van der Waals surface area contributed by atoms with Gasteiger partial charge in [-0.05, 0) is 84.9 Å². The highest BCUT2D eigenvalue weighted by Gasteiger charge is 2.54. The summed E-state index contributed by atoms with van der Waals surface area (Å²) in [7, 11) is 1.72. The van der Waals surface area contributed by atoms with Crippen LogP contribution in [0.2, 0.25) is 0 Å². The van der Waals surface area contributed by atoms with Crippen LogP contribution >= 0.6 is 15.9 Å². The third-order valence-electron chi connectivity index (χ3n) is 6.86. The van der Waals surface area contributed by atoms with Gasteiger partial charge in [0, 0.05) is 15.7 Å². The number of anilines is 1. The molecule has 2 fully saturated rings. The SMILES string of the molecule is COc1ccc(Br)cc1[C@H]1Nc2ccc(C(=O)O)cc2[C@@H]2[C@@H]3CC[C@H](C3)[C@@H]21. The van der Waals surface area contributed by atoms with Gasteiger partial charge in [-0.2, -0.15) is 0 Å². The van der Waals surface area contributed by atoms with E-state index >= 15 is 0 Å². The Kier molecular flexibility index (Phi) is 3.97. The molecule has 0 amide bonds. The van der Waals surface area contributed by atoms with Gasteiger partial charge in [-0.15, -0.1) is 0 Å². The summed E-state index contributed by atoms with van der Waals surface area (Å²) in [6.07, 6.45) is 3.78. The molecule has 5 atom stereocenters. The molecule has 2 N–H and O–H groups in total. The number of aromatic carboxylic acids is 1. The van der Waals surface area contributed by atoms with Gasteiger partial charge in [0.2, 0.25) is 0 Å². The molecule has 2 saturated carbocycles. The topological polar surface area (TPSA) is 58.6 Å². The lowest BCUT2D eigenvalue weighted by Gasteiger charge is -2.44. The fraction of sp³-hybridized carbons (Fsp3) is 0.409. The zero-order valence-corrected chi connectivity index (χ0v) is 16.7. The predicted molar refractivity (Wildman–Crippen MR) is 108 cm³/mol. The Labute approximate surface area is 167 Å². The van der Waals surface area contributed by atoms with Crippen molar-refractivity contribution in [2.24, 2.45) is 17.8 Å². The van der Waals surface area contributed by atoms with Crippen LogP contribution < -0.4 is 10.1 Å². The summed E-state index contributed by atoms with van der Waals surface area (Å²) in [6, 6.07) is 11.9. The number of carboxylic acid groups (broad SMARTS) is 1. The van der Waals surface area contributed by atoms with E-state index in [1.807, 2.05) is 24.3 Å². The summed E-state index contributed by atoms with van der Waals surface area (Å²) in [5, 5.41) is 13.2. The molecule has 2 aromatic rings. The number of benzene rings is 2. The summed E-state index contributed by atoms with van der Waals surface area (Å²) in [5.74, 6) is 2.29. The largest absolute Gasteiger partial charge is 0.496 e. The minimum atomic E-state index is -0.853. The van der Waals surface area contributed by atoms with Gasteiger partial charge in [0.05, 0.1) is 18.7 Å². The van der Waals surface area contributed by atoms with E-state index in [1.54, 1.807) is 13.2 Å². The van der Waals surface area contributed by atoms with Crippen molar-refractivity contribution in [2.45, 2.75) is 31.2 Å². The number of nitrogens with one attached hydrogen (secondary N) is 1. The second-order valence-corrected chi connectivity index (χ2v) is 8.97. The quantitative estimate of drug-likeness (QED) is 0.683. The number of carboxylic acids is 1. The van der Waals surface area contributed by atoms with E-state index in [9.17, 15) is 9.90 Å². The van der Waals surface area contributed by atoms with Crippen molar-refractivity contribution >= 4 is 27.6 Å². The molecule has 1 heterocycles. The van der Waals surface area contributed by atoms with Crippen molar-refractivity contribution in [3.05, 3.63) is 57.6 Å². The Morgan fingerprint density at radius 2 is 1.96 bits per heavy atom. The maximum absolute atomic E-state index is 11.5. The molecule has 140 valence electrons. The number of methoxy groups -OCH3 is 1. The van der Waals surface area contributed by atoms with Crippen molar-refractivity contribution in [1.29, 1.82) is 0 Å². The summed E-state index contributed by atoms with van der Waals surface area (Å²) >= 11 is 3.61. The first-order chi connectivity index (χ1) is 13.1. The van der Waals surface area contributed by atoms with Crippen molar-refractivity contribution in [3.8, 4) is 5.75 Å². The van der Waals surface area contributed by atoms with Crippen molar-refractivity contribution in [2.75, 3.05) is 12.4 Å². The fourth-order valence-corrected chi connectivity index (χ4v) is 6.26. The van der Waals surface area contributed by atoms with Crippen LogP contribution in [0.4, 0.5) is 5.69 Å². The van der Waals surface area contributed by atoms with E-state index in [4.69, 9.17) is 4.74 Å². The van der Waals surface area contributed by atoms with Crippen LogP contribution in [0.1, 0.15) is 52.7 Å². The third kappa shape index (κ3) is 2.59.